The summed E-state index contributed by atoms with van der Waals surface area (Å²) in [5, 5.41) is 0. The van der Waals surface area contributed by atoms with Crippen molar-refractivity contribution < 1.29 is 0 Å². The van der Waals surface area contributed by atoms with Crippen LogP contribution < -0.4 is 0 Å². The van der Waals surface area contributed by atoms with Crippen LogP contribution in [0, 0.1) is 13.8 Å². The Bertz CT molecular complexity index is 457. The van der Waals surface area contributed by atoms with Crippen molar-refractivity contribution in [2.75, 3.05) is 0 Å². The van der Waals surface area contributed by atoms with Gasteiger partial charge in [0.2, 0.25) is 0 Å². The molecule has 0 saturated heterocycles. The summed E-state index contributed by atoms with van der Waals surface area (Å²) >= 11 is 5.51. The van der Waals surface area contributed by atoms with Crippen LogP contribution in [0.1, 0.15) is 20.9 Å². The second-order valence-electron chi connectivity index (χ2n) is 3.68. The van der Waals surface area contributed by atoms with Gasteiger partial charge in [-0.2, -0.15) is 0 Å². The molecule has 0 atom stereocenters. The summed E-state index contributed by atoms with van der Waals surface area (Å²) in [5.41, 5.74) is 2.77. The van der Waals surface area contributed by atoms with E-state index in [1.165, 1.54) is 25.4 Å². The molecular formula is C13H13BrS. The average Bonchev–Trinajstić information content (AvgIpc) is 2.48. The maximum atomic E-state index is 3.62. The predicted molar refractivity (Wildman–Crippen MR) is 70.7 cm³/mol. The summed E-state index contributed by atoms with van der Waals surface area (Å²) in [6, 6.07) is 10.6. The summed E-state index contributed by atoms with van der Waals surface area (Å²) < 4.78 is 1.28. The molecule has 1 heterocycles. The molecular weight excluding hydrogens is 268 g/mol. The Morgan fingerprint density at radius 2 is 1.80 bits per heavy atom. The standard InChI is InChI=1S/C13H13BrS/c1-9-12(15-10(2)13(9)14)8-11-6-4-3-5-7-11/h3-7H,8H2,1-2H3. The Balaban J connectivity index is 2.29. The summed E-state index contributed by atoms with van der Waals surface area (Å²) in [6.45, 7) is 4.35. The number of thiophene rings is 1. The Kier molecular flexibility index (Phi) is 3.27. The van der Waals surface area contributed by atoms with E-state index >= 15 is 0 Å². The molecule has 0 fully saturated rings. The number of hydrogen-bond acceptors (Lipinski definition) is 1. The van der Waals surface area contributed by atoms with Gasteiger partial charge in [-0.3, -0.25) is 0 Å². The van der Waals surface area contributed by atoms with Crippen LogP contribution >= 0.6 is 27.3 Å². The topological polar surface area (TPSA) is 0 Å². The van der Waals surface area contributed by atoms with E-state index in [-0.39, 0.29) is 0 Å². The molecule has 1 aromatic heterocycles. The van der Waals surface area contributed by atoms with Gasteiger partial charge >= 0.3 is 0 Å². The van der Waals surface area contributed by atoms with Gasteiger partial charge in [-0.25, -0.2) is 0 Å². The van der Waals surface area contributed by atoms with Gasteiger partial charge in [0.15, 0.2) is 0 Å². The molecule has 15 heavy (non-hydrogen) atoms. The largest absolute Gasteiger partial charge is 0.144 e. The van der Waals surface area contributed by atoms with Gasteiger partial charge in [-0.15, -0.1) is 11.3 Å². The molecule has 0 unspecified atom stereocenters. The normalized spacial score (nSPS) is 10.6. The summed E-state index contributed by atoms with van der Waals surface area (Å²) in [6.07, 6.45) is 1.05. The zero-order valence-electron chi connectivity index (χ0n) is 8.88. The Morgan fingerprint density at radius 1 is 1.13 bits per heavy atom. The molecule has 0 N–H and O–H groups in total. The quantitative estimate of drug-likeness (QED) is 0.747. The Morgan fingerprint density at radius 3 is 2.33 bits per heavy atom. The van der Waals surface area contributed by atoms with Crippen molar-refractivity contribution in [3.63, 3.8) is 0 Å². The highest BCUT2D eigenvalue weighted by atomic mass is 79.9. The number of halogens is 1. The molecule has 78 valence electrons. The predicted octanol–water partition coefficient (Wildman–Crippen LogP) is 4.72. The van der Waals surface area contributed by atoms with Crippen LogP contribution in [0.5, 0.6) is 0 Å². The average molecular weight is 281 g/mol. The number of aryl methyl sites for hydroxylation is 1. The molecule has 1 aromatic carbocycles. The molecule has 2 aromatic rings. The van der Waals surface area contributed by atoms with Gasteiger partial charge < -0.3 is 0 Å². The number of rotatable bonds is 2. The molecule has 0 radical (unpaired) electrons. The van der Waals surface area contributed by atoms with Gasteiger partial charge in [0.25, 0.3) is 0 Å². The highest BCUT2D eigenvalue weighted by Crippen LogP contribution is 2.33. The van der Waals surface area contributed by atoms with E-state index in [1.807, 2.05) is 11.3 Å². The van der Waals surface area contributed by atoms with Crippen molar-refractivity contribution >= 4 is 27.3 Å². The third kappa shape index (κ3) is 2.32. The SMILES string of the molecule is Cc1sc(Cc2ccccc2)c(C)c1Br. The summed E-state index contributed by atoms with van der Waals surface area (Å²) in [7, 11) is 0. The fourth-order valence-electron chi connectivity index (χ4n) is 1.64. The Labute approximate surface area is 103 Å². The van der Waals surface area contributed by atoms with Gasteiger partial charge in [-0.1, -0.05) is 30.3 Å². The first-order valence-corrected chi connectivity index (χ1v) is 6.57. The van der Waals surface area contributed by atoms with Crippen LogP contribution in [0.2, 0.25) is 0 Å². The molecule has 2 rings (SSSR count). The van der Waals surface area contributed by atoms with Crippen LogP contribution in [-0.4, -0.2) is 0 Å². The highest BCUT2D eigenvalue weighted by molar-refractivity contribution is 9.10. The molecule has 2 heteroatoms. The zero-order valence-corrected chi connectivity index (χ0v) is 11.3. The monoisotopic (exact) mass is 280 g/mol. The minimum absolute atomic E-state index is 1.05. The number of benzene rings is 1. The van der Waals surface area contributed by atoms with Crippen LogP contribution in [0.25, 0.3) is 0 Å². The van der Waals surface area contributed by atoms with Gasteiger partial charge in [0.05, 0.1) is 0 Å². The lowest BCUT2D eigenvalue weighted by Crippen LogP contribution is -1.85. The second kappa shape index (κ2) is 4.50. The van der Waals surface area contributed by atoms with E-state index in [2.05, 4.69) is 60.1 Å². The lowest BCUT2D eigenvalue weighted by molar-refractivity contribution is 1.20. The smallest absolute Gasteiger partial charge is 0.0343 e. The van der Waals surface area contributed by atoms with E-state index in [4.69, 9.17) is 0 Å². The molecule has 0 saturated carbocycles. The van der Waals surface area contributed by atoms with Gasteiger partial charge in [-0.05, 0) is 40.9 Å². The third-order valence-corrected chi connectivity index (χ3v) is 5.20. The Hall–Kier alpha value is -0.600. The molecule has 0 nitrogen and oxygen atoms in total. The van der Waals surface area contributed by atoms with E-state index < -0.39 is 0 Å². The minimum Gasteiger partial charge on any atom is -0.144 e. The van der Waals surface area contributed by atoms with E-state index in [0.29, 0.717) is 0 Å². The molecule has 0 spiro atoms. The van der Waals surface area contributed by atoms with Gasteiger partial charge in [0.1, 0.15) is 0 Å². The van der Waals surface area contributed by atoms with E-state index in [9.17, 15) is 0 Å². The lowest BCUT2D eigenvalue weighted by Gasteiger charge is -1.99. The second-order valence-corrected chi connectivity index (χ2v) is 5.79. The molecule has 0 amide bonds. The molecule has 0 aliphatic rings. The van der Waals surface area contributed by atoms with Crippen LogP contribution in [0.4, 0.5) is 0 Å². The maximum Gasteiger partial charge on any atom is 0.0343 e. The third-order valence-electron chi connectivity index (χ3n) is 2.54. The van der Waals surface area contributed by atoms with Crippen LogP contribution in [0.3, 0.4) is 0 Å². The van der Waals surface area contributed by atoms with Crippen molar-refractivity contribution in [3.05, 3.63) is 55.7 Å². The van der Waals surface area contributed by atoms with Crippen molar-refractivity contribution in [2.24, 2.45) is 0 Å². The minimum atomic E-state index is 1.05. The summed E-state index contributed by atoms with van der Waals surface area (Å²) in [5.74, 6) is 0. The van der Waals surface area contributed by atoms with Crippen LogP contribution in [0.15, 0.2) is 34.8 Å². The fourth-order valence-corrected chi connectivity index (χ4v) is 3.36. The van der Waals surface area contributed by atoms with Crippen molar-refractivity contribution in [1.82, 2.24) is 0 Å². The number of hydrogen-bond donors (Lipinski definition) is 0. The van der Waals surface area contributed by atoms with Crippen molar-refractivity contribution in [2.45, 2.75) is 20.3 Å². The molecule has 0 aliphatic heterocycles. The first-order chi connectivity index (χ1) is 7.18. The highest BCUT2D eigenvalue weighted by Gasteiger charge is 2.09. The summed E-state index contributed by atoms with van der Waals surface area (Å²) in [4.78, 5) is 2.84. The van der Waals surface area contributed by atoms with Crippen molar-refractivity contribution in [3.8, 4) is 0 Å². The van der Waals surface area contributed by atoms with E-state index in [0.717, 1.165) is 6.42 Å². The lowest BCUT2D eigenvalue weighted by atomic mass is 10.1. The van der Waals surface area contributed by atoms with Crippen LogP contribution in [-0.2, 0) is 6.42 Å². The maximum absolute atomic E-state index is 3.62. The van der Waals surface area contributed by atoms with Gasteiger partial charge in [0, 0.05) is 20.6 Å². The van der Waals surface area contributed by atoms with Crippen molar-refractivity contribution in [1.29, 1.82) is 0 Å². The zero-order chi connectivity index (χ0) is 10.8. The molecule has 0 aliphatic carbocycles. The first-order valence-electron chi connectivity index (χ1n) is 4.97. The first kappa shape index (κ1) is 10.9. The van der Waals surface area contributed by atoms with E-state index in [1.54, 1.807) is 0 Å². The molecule has 0 bridgehead atoms. The fraction of sp³-hybridized carbons (Fsp3) is 0.231.